The third-order valence-corrected chi connectivity index (χ3v) is 10.9. The second-order valence-corrected chi connectivity index (χ2v) is 16.3. The molecular weight excluding hydrogens is 532 g/mol. The third kappa shape index (κ3) is 9.66. The fourth-order valence-corrected chi connectivity index (χ4v) is 8.02. The Labute approximate surface area is 265 Å². The summed E-state index contributed by atoms with van der Waals surface area (Å²) >= 11 is 0. The minimum Gasteiger partial charge on any atom is -0.354 e. The van der Waals surface area contributed by atoms with Crippen molar-refractivity contribution in [3.8, 4) is 0 Å². The van der Waals surface area contributed by atoms with Gasteiger partial charge in [0.15, 0.2) is 0 Å². The lowest BCUT2D eigenvalue weighted by molar-refractivity contribution is -0.0311. The van der Waals surface area contributed by atoms with Crippen LogP contribution in [0.5, 0.6) is 0 Å². The molecule has 0 atom stereocenters. The monoisotopic (exact) mass is 601 g/mol. The first-order chi connectivity index (χ1) is 20.0. The molecule has 2 aliphatic heterocycles. The molecule has 0 bridgehead atoms. The van der Waals surface area contributed by atoms with Gasteiger partial charge >= 0.3 is 0 Å². The van der Waals surface area contributed by atoms with E-state index in [0.29, 0.717) is 23.7 Å². The molecular formula is C35H68N8. The first-order valence-corrected chi connectivity index (χ1v) is 17.5. The number of unbranched alkanes of at least 4 members (excludes halogenated alkanes) is 2. The van der Waals surface area contributed by atoms with Crippen LogP contribution in [0.1, 0.15) is 133 Å². The lowest BCUT2D eigenvalue weighted by Crippen LogP contribution is -2.58. The Hall–Kier alpha value is -1.67. The summed E-state index contributed by atoms with van der Waals surface area (Å²) in [5.41, 5.74) is 0.838. The van der Waals surface area contributed by atoms with Crippen molar-refractivity contribution in [2.75, 3.05) is 55.8 Å². The Morgan fingerprint density at radius 3 is 1.30 bits per heavy atom. The number of nitrogens with one attached hydrogen (secondary N) is 2. The summed E-state index contributed by atoms with van der Waals surface area (Å²) in [6.45, 7) is 27.3. The molecule has 1 aromatic rings. The SMILES string of the molecule is CCCCN(CCCC)c1nc(NCCC2CC(C)(C)N(C)C(C)(C)C2)nc(NCCC2CC(C)(C)N(C)C(C)(C)C2)n1. The van der Waals surface area contributed by atoms with Crippen molar-refractivity contribution in [1.82, 2.24) is 24.8 Å². The molecule has 8 nitrogen and oxygen atoms in total. The van der Waals surface area contributed by atoms with Crippen molar-refractivity contribution in [3.05, 3.63) is 0 Å². The Balaban J connectivity index is 1.71. The highest BCUT2D eigenvalue weighted by molar-refractivity contribution is 5.44. The van der Waals surface area contributed by atoms with Gasteiger partial charge in [-0.05, 0) is 133 Å². The number of piperidine rings is 2. The van der Waals surface area contributed by atoms with Gasteiger partial charge < -0.3 is 15.5 Å². The second-order valence-electron chi connectivity index (χ2n) is 16.3. The number of rotatable bonds is 15. The lowest BCUT2D eigenvalue weighted by atomic mass is 9.73. The van der Waals surface area contributed by atoms with Crippen molar-refractivity contribution in [2.45, 2.75) is 156 Å². The maximum atomic E-state index is 4.97. The fourth-order valence-electron chi connectivity index (χ4n) is 8.02. The Kier molecular flexibility index (Phi) is 12.2. The maximum Gasteiger partial charge on any atom is 0.231 e. The van der Waals surface area contributed by atoms with E-state index in [1.807, 2.05) is 0 Å². The summed E-state index contributed by atoms with van der Waals surface area (Å²) in [4.78, 5) is 22.3. The number of hydrogen-bond donors (Lipinski definition) is 2. The summed E-state index contributed by atoms with van der Waals surface area (Å²) in [7, 11) is 4.57. The van der Waals surface area contributed by atoms with Gasteiger partial charge in [0.1, 0.15) is 0 Å². The lowest BCUT2D eigenvalue weighted by Gasteiger charge is -2.54. The average molecular weight is 601 g/mol. The molecule has 3 heterocycles. The van der Waals surface area contributed by atoms with Crippen LogP contribution in [0.4, 0.5) is 17.8 Å². The van der Waals surface area contributed by atoms with Crippen molar-refractivity contribution in [1.29, 1.82) is 0 Å². The van der Waals surface area contributed by atoms with E-state index in [9.17, 15) is 0 Å². The van der Waals surface area contributed by atoms with Crippen molar-refractivity contribution >= 4 is 17.8 Å². The molecule has 0 aliphatic carbocycles. The van der Waals surface area contributed by atoms with Crippen LogP contribution >= 0.6 is 0 Å². The maximum absolute atomic E-state index is 4.97. The van der Waals surface area contributed by atoms with Crippen LogP contribution in [0.15, 0.2) is 0 Å². The van der Waals surface area contributed by atoms with E-state index in [1.165, 1.54) is 25.7 Å². The summed E-state index contributed by atoms with van der Waals surface area (Å²) in [6, 6.07) is 0. The van der Waals surface area contributed by atoms with Crippen molar-refractivity contribution < 1.29 is 0 Å². The Bertz CT molecular complexity index is 893. The van der Waals surface area contributed by atoms with Gasteiger partial charge in [0.2, 0.25) is 17.8 Å². The highest BCUT2D eigenvalue weighted by atomic mass is 15.3. The number of likely N-dealkylation sites (tertiary alicyclic amines) is 2. The molecule has 3 rings (SSSR count). The minimum atomic E-state index is 0.209. The average Bonchev–Trinajstić information content (AvgIpc) is 2.90. The molecule has 2 saturated heterocycles. The number of anilines is 3. The molecule has 248 valence electrons. The Morgan fingerprint density at radius 2 is 0.977 bits per heavy atom. The van der Waals surface area contributed by atoms with Gasteiger partial charge in [0.25, 0.3) is 0 Å². The standard InChI is InChI=1S/C35H68N8/c1-13-15-21-43(22-16-14-2)31-39-29(36-19-17-27-23-32(3,4)41(11)33(5,6)24-27)38-30(40-31)37-20-18-28-25-34(7,8)42(12)35(9,10)26-28/h27-28H,13-26H2,1-12H3,(H2,36,37,38,39,40). The molecule has 0 spiro atoms. The van der Waals surface area contributed by atoms with Gasteiger partial charge in [-0.25, -0.2) is 0 Å². The molecule has 2 N–H and O–H groups in total. The minimum absolute atomic E-state index is 0.209. The van der Waals surface area contributed by atoms with Crippen molar-refractivity contribution in [3.63, 3.8) is 0 Å². The van der Waals surface area contributed by atoms with Crippen LogP contribution in [0.2, 0.25) is 0 Å². The molecule has 0 aromatic carbocycles. The predicted molar refractivity (Wildman–Crippen MR) is 185 cm³/mol. The van der Waals surface area contributed by atoms with Crippen LogP contribution in [0.3, 0.4) is 0 Å². The van der Waals surface area contributed by atoms with Gasteiger partial charge in [-0.2, -0.15) is 15.0 Å². The topological polar surface area (TPSA) is 72.5 Å². The molecule has 0 amide bonds. The molecule has 43 heavy (non-hydrogen) atoms. The van der Waals surface area contributed by atoms with Gasteiger partial charge in [-0.1, -0.05) is 26.7 Å². The quantitative estimate of drug-likeness (QED) is 0.212. The van der Waals surface area contributed by atoms with E-state index in [4.69, 9.17) is 15.0 Å². The van der Waals surface area contributed by atoms with Gasteiger partial charge in [0, 0.05) is 48.3 Å². The van der Waals surface area contributed by atoms with E-state index in [2.05, 4.69) is 109 Å². The number of nitrogens with zero attached hydrogens (tertiary/aromatic N) is 6. The normalized spacial score (nSPS) is 22.4. The highest BCUT2D eigenvalue weighted by Gasteiger charge is 2.43. The van der Waals surface area contributed by atoms with Crippen LogP contribution < -0.4 is 15.5 Å². The van der Waals surface area contributed by atoms with Crippen LogP contribution in [0.25, 0.3) is 0 Å². The van der Waals surface area contributed by atoms with Gasteiger partial charge in [0.05, 0.1) is 0 Å². The summed E-state index contributed by atoms with van der Waals surface area (Å²) < 4.78 is 0. The predicted octanol–water partition coefficient (Wildman–Crippen LogP) is 7.68. The van der Waals surface area contributed by atoms with E-state index >= 15 is 0 Å². The number of aromatic nitrogens is 3. The first kappa shape index (κ1) is 35.8. The van der Waals surface area contributed by atoms with Gasteiger partial charge in [-0.15, -0.1) is 0 Å². The number of hydrogen-bond acceptors (Lipinski definition) is 8. The van der Waals surface area contributed by atoms with Gasteiger partial charge in [-0.3, -0.25) is 9.80 Å². The van der Waals surface area contributed by atoms with E-state index in [-0.39, 0.29) is 22.2 Å². The second kappa shape index (κ2) is 14.6. The van der Waals surface area contributed by atoms with Crippen LogP contribution in [0, 0.1) is 11.8 Å². The molecule has 0 radical (unpaired) electrons. The van der Waals surface area contributed by atoms with E-state index in [0.717, 1.165) is 70.7 Å². The largest absolute Gasteiger partial charge is 0.354 e. The third-order valence-electron chi connectivity index (χ3n) is 10.9. The molecule has 2 fully saturated rings. The molecule has 0 saturated carbocycles. The highest BCUT2D eigenvalue weighted by Crippen LogP contribution is 2.42. The molecule has 8 heteroatoms. The zero-order chi connectivity index (χ0) is 32.1. The zero-order valence-electron chi connectivity index (χ0n) is 30.2. The van der Waals surface area contributed by atoms with Crippen LogP contribution in [-0.2, 0) is 0 Å². The first-order valence-electron chi connectivity index (χ1n) is 17.5. The van der Waals surface area contributed by atoms with Crippen LogP contribution in [-0.4, -0.2) is 87.2 Å². The summed E-state index contributed by atoms with van der Waals surface area (Å²) in [6.07, 6.45) is 11.7. The van der Waals surface area contributed by atoms with E-state index in [1.54, 1.807) is 0 Å². The molecule has 2 aliphatic rings. The zero-order valence-corrected chi connectivity index (χ0v) is 30.2. The molecule has 1 aromatic heterocycles. The smallest absolute Gasteiger partial charge is 0.231 e. The van der Waals surface area contributed by atoms with Crippen molar-refractivity contribution in [2.24, 2.45) is 11.8 Å². The summed E-state index contributed by atoms with van der Waals surface area (Å²) in [5, 5.41) is 7.25. The van der Waals surface area contributed by atoms with E-state index < -0.39 is 0 Å². The Morgan fingerprint density at radius 1 is 0.628 bits per heavy atom. The summed E-state index contributed by atoms with van der Waals surface area (Å²) in [5.74, 6) is 3.59. The fraction of sp³-hybridized carbons (Fsp3) is 0.914. The molecule has 0 unspecified atom stereocenters.